The minimum Gasteiger partial charge on any atom is -0.507 e. The van der Waals surface area contributed by atoms with Crippen LogP contribution in [0.3, 0.4) is 0 Å². The quantitative estimate of drug-likeness (QED) is 0.621. The fraction of sp³-hybridized carbons (Fsp3) is 0.364. The molecule has 7 heteroatoms. The summed E-state index contributed by atoms with van der Waals surface area (Å²) in [6, 6.07) is 5.70. The number of amides is 1. The van der Waals surface area contributed by atoms with Crippen LogP contribution in [0.15, 0.2) is 29.2 Å². The van der Waals surface area contributed by atoms with Crippen LogP contribution in [0.5, 0.6) is 5.75 Å². The molecule has 0 heterocycles. The highest BCUT2D eigenvalue weighted by Gasteiger charge is 2.16. The van der Waals surface area contributed by atoms with Crippen LogP contribution in [-0.2, 0) is 14.8 Å². The average molecular weight is 272 g/mol. The van der Waals surface area contributed by atoms with Gasteiger partial charge in [-0.1, -0.05) is 12.1 Å². The summed E-state index contributed by atoms with van der Waals surface area (Å²) in [5.74, 6) is -0.694. The van der Waals surface area contributed by atoms with E-state index in [-0.39, 0.29) is 23.6 Å². The van der Waals surface area contributed by atoms with Crippen LogP contribution in [-0.4, -0.2) is 26.0 Å². The van der Waals surface area contributed by atoms with Crippen LogP contribution in [0, 0.1) is 0 Å². The number of sulfonamides is 1. The minimum atomic E-state index is -3.71. The highest BCUT2D eigenvalue weighted by Crippen LogP contribution is 2.20. The SMILES string of the molecule is NC(=O)CCCCNS(=O)(=O)c1ccccc1O. The number of carbonyl (C=O) groups excluding carboxylic acids is 1. The van der Waals surface area contributed by atoms with Crippen molar-refractivity contribution in [3.8, 4) is 5.75 Å². The average Bonchev–Trinajstić information content (AvgIpc) is 2.28. The zero-order chi connectivity index (χ0) is 13.6. The number of hydrogen-bond donors (Lipinski definition) is 3. The zero-order valence-electron chi connectivity index (χ0n) is 9.80. The van der Waals surface area contributed by atoms with E-state index in [0.29, 0.717) is 12.8 Å². The van der Waals surface area contributed by atoms with Gasteiger partial charge in [-0.3, -0.25) is 4.79 Å². The lowest BCUT2D eigenvalue weighted by molar-refractivity contribution is -0.118. The number of phenols is 1. The standard InChI is InChI=1S/C11H16N2O4S/c12-11(15)7-3-4-8-13-18(16,17)10-6-2-1-5-9(10)14/h1-2,5-6,13-14H,3-4,7-8H2,(H2,12,15). The molecule has 4 N–H and O–H groups in total. The van der Waals surface area contributed by atoms with Crippen molar-refractivity contribution in [3.05, 3.63) is 24.3 Å². The molecule has 0 aliphatic rings. The number of carbonyl (C=O) groups is 1. The number of para-hydroxylation sites is 1. The van der Waals surface area contributed by atoms with Crippen LogP contribution in [0.1, 0.15) is 19.3 Å². The summed E-state index contributed by atoms with van der Waals surface area (Å²) in [6.07, 6.45) is 1.27. The van der Waals surface area contributed by atoms with Crippen molar-refractivity contribution in [3.63, 3.8) is 0 Å². The van der Waals surface area contributed by atoms with Gasteiger partial charge in [0.1, 0.15) is 10.6 Å². The molecule has 1 aromatic rings. The number of nitrogens with one attached hydrogen (secondary N) is 1. The Hall–Kier alpha value is -1.60. The first-order valence-electron chi connectivity index (χ1n) is 5.49. The highest BCUT2D eigenvalue weighted by atomic mass is 32.2. The van der Waals surface area contributed by atoms with Crippen LogP contribution >= 0.6 is 0 Å². The van der Waals surface area contributed by atoms with Crippen LogP contribution in [0.4, 0.5) is 0 Å². The Morgan fingerprint density at radius 2 is 1.94 bits per heavy atom. The van der Waals surface area contributed by atoms with Crippen molar-refractivity contribution >= 4 is 15.9 Å². The van der Waals surface area contributed by atoms with Gasteiger partial charge in [-0.25, -0.2) is 13.1 Å². The molecule has 0 fully saturated rings. The van der Waals surface area contributed by atoms with E-state index in [9.17, 15) is 18.3 Å². The lowest BCUT2D eigenvalue weighted by Gasteiger charge is -2.07. The molecule has 0 radical (unpaired) electrons. The predicted molar refractivity (Wildman–Crippen MR) is 66.3 cm³/mol. The van der Waals surface area contributed by atoms with E-state index in [2.05, 4.69) is 4.72 Å². The van der Waals surface area contributed by atoms with Gasteiger partial charge in [-0.2, -0.15) is 0 Å². The lowest BCUT2D eigenvalue weighted by atomic mass is 10.2. The summed E-state index contributed by atoms with van der Waals surface area (Å²) in [5, 5.41) is 9.44. The largest absolute Gasteiger partial charge is 0.507 e. The zero-order valence-corrected chi connectivity index (χ0v) is 10.6. The monoisotopic (exact) mass is 272 g/mol. The summed E-state index contributed by atoms with van der Waals surface area (Å²) in [6.45, 7) is 0.198. The smallest absolute Gasteiger partial charge is 0.244 e. The predicted octanol–water partition coefficient (Wildman–Crippen LogP) is 0.326. The molecule has 0 unspecified atom stereocenters. The molecule has 0 aliphatic carbocycles. The number of benzene rings is 1. The Kier molecular flexibility index (Phi) is 5.11. The third kappa shape index (κ3) is 4.34. The normalized spacial score (nSPS) is 11.3. The van der Waals surface area contributed by atoms with Crippen molar-refractivity contribution in [1.29, 1.82) is 0 Å². The molecule has 0 atom stereocenters. The molecule has 0 saturated carbocycles. The topological polar surface area (TPSA) is 109 Å². The maximum Gasteiger partial charge on any atom is 0.244 e. The van der Waals surface area contributed by atoms with E-state index >= 15 is 0 Å². The first-order valence-corrected chi connectivity index (χ1v) is 6.98. The number of hydrogen-bond acceptors (Lipinski definition) is 4. The van der Waals surface area contributed by atoms with E-state index in [4.69, 9.17) is 5.73 Å². The number of unbranched alkanes of at least 4 members (excludes halogenated alkanes) is 1. The van der Waals surface area contributed by atoms with E-state index in [1.165, 1.54) is 18.2 Å². The van der Waals surface area contributed by atoms with Gasteiger partial charge in [0.05, 0.1) is 0 Å². The van der Waals surface area contributed by atoms with Crippen molar-refractivity contribution < 1.29 is 18.3 Å². The Labute approximate surface area is 106 Å². The summed E-state index contributed by atoms with van der Waals surface area (Å²) < 4.78 is 25.9. The molecule has 100 valence electrons. The second-order valence-electron chi connectivity index (χ2n) is 3.79. The van der Waals surface area contributed by atoms with Crippen LogP contribution < -0.4 is 10.5 Å². The van der Waals surface area contributed by atoms with Gasteiger partial charge in [0.25, 0.3) is 0 Å². The lowest BCUT2D eigenvalue weighted by Crippen LogP contribution is -2.25. The first kappa shape index (κ1) is 14.5. The second-order valence-corrected chi connectivity index (χ2v) is 5.52. The van der Waals surface area contributed by atoms with Crippen molar-refractivity contribution in [1.82, 2.24) is 4.72 Å². The molecule has 1 aromatic carbocycles. The molecule has 18 heavy (non-hydrogen) atoms. The van der Waals surface area contributed by atoms with Crippen molar-refractivity contribution in [2.75, 3.05) is 6.54 Å². The van der Waals surface area contributed by atoms with E-state index < -0.39 is 15.9 Å². The van der Waals surface area contributed by atoms with E-state index in [1.807, 2.05) is 0 Å². The Morgan fingerprint density at radius 1 is 1.28 bits per heavy atom. The molecule has 0 bridgehead atoms. The number of phenolic OH excluding ortho intramolecular Hbond substituents is 1. The number of primary amides is 1. The molecule has 1 rings (SSSR count). The van der Waals surface area contributed by atoms with E-state index in [1.54, 1.807) is 6.07 Å². The third-order valence-electron chi connectivity index (χ3n) is 2.30. The molecule has 0 aliphatic heterocycles. The summed E-state index contributed by atoms with van der Waals surface area (Å²) in [7, 11) is -3.71. The van der Waals surface area contributed by atoms with Gasteiger partial charge >= 0.3 is 0 Å². The summed E-state index contributed by atoms with van der Waals surface area (Å²) in [4.78, 5) is 10.3. The van der Waals surface area contributed by atoms with Gasteiger partial charge in [0.15, 0.2) is 0 Å². The maximum absolute atomic E-state index is 11.8. The summed E-state index contributed by atoms with van der Waals surface area (Å²) in [5.41, 5.74) is 4.96. The second kappa shape index (κ2) is 6.36. The Balaban J connectivity index is 2.51. The van der Waals surface area contributed by atoms with Gasteiger partial charge in [0, 0.05) is 13.0 Å². The highest BCUT2D eigenvalue weighted by molar-refractivity contribution is 7.89. The third-order valence-corrected chi connectivity index (χ3v) is 3.81. The van der Waals surface area contributed by atoms with Crippen molar-refractivity contribution in [2.24, 2.45) is 5.73 Å². The molecule has 0 spiro atoms. The molecular weight excluding hydrogens is 256 g/mol. The fourth-order valence-electron chi connectivity index (χ4n) is 1.39. The molecule has 0 aromatic heterocycles. The maximum atomic E-state index is 11.8. The summed E-state index contributed by atoms with van der Waals surface area (Å²) >= 11 is 0. The number of rotatable bonds is 7. The minimum absolute atomic E-state index is 0.153. The molecule has 0 saturated heterocycles. The molecule has 1 amide bonds. The van der Waals surface area contributed by atoms with Gasteiger partial charge in [0.2, 0.25) is 15.9 Å². The van der Waals surface area contributed by atoms with Gasteiger partial charge in [-0.15, -0.1) is 0 Å². The number of aromatic hydroxyl groups is 1. The van der Waals surface area contributed by atoms with E-state index in [0.717, 1.165) is 0 Å². The van der Waals surface area contributed by atoms with Crippen molar-refractivity contribution in [2.45, 2.75) is 24.2 Å². The molecule has 6 nitrogen and oxygen atoms in total. The van der Waals surface area contributed by atoms with Gasteiger partial charge in [-0.05, 0) is 25.0 Å². The Morgan fingerprint density at radius 3 is 2.56 bits per heavy atom. The fourth-order valence-corrected chi connectivity index (χ4v) is 2.56. The van der Waals surface area contributed by atoms with Crippen LogP contribution in [0.2, 0.25) is 0 Å². The Bertz CT molecular complexity index is 514. The van der Waals surface area contributed by atoms with Gasteiger partial charge < -0.3 is 10.8 Å². The first-order chi connectivity index (χ1) is 8.43. The number of nitrogens with two attached hydrogens (primary N) is 1. The van der Waals surface area contributed by atoms with Crippen LogP contribution in [0.25, 0.3) is 0 Å². The molecular formula is C11H16N2O4S.